The van der Waals surface area contributed by atoms with Crippen molar-refractivity contribution in [2.75, 3.05) is 13.7 Å². The molecule has 4 aliphatic carbocycles. The van der Waals surface area contributed by atoms with Gasteiger partial charge in [0.25, 0.3) is 0 Å². The lowest BCUT2D eigenvalue weighted by Crippen LogP contribution is -2.63. The molecule has 2 heterocycles. The Labute approximate surface area is 230 Å². The summed E-state index contributed by atoms with van der Waals surface area (Å²) in [6, 6.07) is 0. The molecule has 13 atom stereocenters. The highest BCUT2D eigenvalue weighted by atomic mass is 16.7. The molecule has 0 spiro atoms. The summed E-state index contributed by atoms with van der Waals surface area (Å²) in [5.74, 6) is 0.0366. The predicted molar refractivity (Wildman–Crippen MR) is 139 cm³/mol. The Balaban J connectivity index is 1.23. The number of rotatable bonds is 4. The first-order valence-electron chi connectivity index (χ1n) is 14.6. The molecule has 0 radical (unpaired) electrons. The van der Waals surface area contributed by atoms with Gasteiger partial charge in [-0.15, -0.1) is 0 Å². The van der Waals surface area contributed by atoms with E-state index in [0.717, 1.165) is 43.3 Å². The minimum Gasteiger partial charge on any atom is -0.458 e. The van der Waals surface area contributed by atoms with Crippen LogP contribution in [0, 0.1) is 28.6 Å². The fraction of sp³-hybridized carbons (Fsp3) is 0.833. The van der Waals surface area contributed by atoms with Gasteiger partial charge in [0, 0.05) is 30.4 Å². The molecule has 6 aliphatic rings. The molecular formula is C30H44O9. The van der Waals surface area contributed by atoms with E-state index < -0.39 is 53.9 Å². The number of esters is 1. The molecule has 4 fully saturated rings. The number of hydrogen-bond donors (Lipinski definition) is 4. The van der Waals surface area contributed by atoms with Gasteiger partial charge >= 0.3 is 5.97 Å². The van der Waals surface area contributed by atoms with E-state index in [9.17, 15) is 25.2 Å². The zero-order valence-corrected chi connectivity index (χ0v) is 23.4. The molecule has 9 nitrogen and oxygen atoms in total. The van der Waals surface area contributed by atoms with Crippen molar-refractivity contribution in [3.05, 3.63) is 23.3 Å². The van der Waals surface area contributed by atoms with Crippen LogP contribution in [0.4, 0.5) is 0 Å². The Kier molecular flexibility index (Phi) is 6.86. The fourth-order valence-corrected chi connectivity index (χ4v) is 9.56. The first kappa shape index (κ1) is 27.8. The summed E-state index contributed by atoms with van der Waals surface area (Å²) in [4.78, 5) is 11.8. The van der Waals surface area contributed by atoms with E-state index >= 15 is 0 Å². The van der Waals surface area contributed by atoms with Gasteiger partial charge in [-0.25, -0.2) is 4.79 Å². The Morgan fingerprint density at radius 2 is 1.82 bits per heavy atom. The lowest BCUT2D eigenvalue weighted by Gasteiger charge is -2.62. The van der Waals surface area contributed by atoms with E-state index in [-0.39, 0.29) is 29.1 Å². The molecule has 9 heteroatoms. The van der Waals surface area contributed by atoms with Crippen LogP contribution in [0.1, 0.15) is 65.7 Å². The Hall–Kier alpha value is -1.33. The van der Waals surface area contributed by atoms with Gasteiger partial charge < -0.3 is 39.4 Å². The van der Waals surface area contributed by atoms with Gasteiger partial charge in [-0.1, -0.05) is 25.5 Å². The summed E-state index contributed by atoms with van der Waals surface area (Å²) in [6.45, 7) is 6.39. The van der Waals surface area contributed by atoms with Crippen molar-refractivity contribution in [2.24, 2.45) is 28.6 Å². The van der Waals surface area contributed by atoms with Gasteiger partial charge in [0.2, 0.25) is 0 Å². The molecule has 218 valence electrons. The zero-order chi connectivity index (χ0) is 27.9. The van der Waals surface area contributed by atoms with Crippen molar-refractivity contribution >= 4 is 5.97 Å². The molecule has 6 rings (SSSR count). The maximum Gasteiger partial charge on any atom is 0.331 e. The van der Waals surface area contributed by atoms with Crippen molar-refractivity contribution < 1.29 is 44.2 Å². The maximum absolute atomic E-state index is 12.4. The molecule has 0 aromatic rings. The second kappa shape index (κ2) is 9.61. The highest BCUT2D eigenvalue weighted by molar-refractivity contribution is 5.85. The third kappa shape index (κ3) is 3.95. The van der Waals surface area contributed by atoms with Crippen molar-refractivity contribution in [3.8, 4) is 0 Å². The predicted octanol–water partition coefficient (Wildman–Crippen LogP) is 2.00. The van der Waals surface area contributed by atoms with Crippen LogP contribution in [-0.4, -0.2) is 88.6 Å². The van der Waals surface area contributed by atoms with Gasteiger partial charge in [0.15, 0.2) is 6.29 Å². The van der Waals surface area contributed by atoms with Crippen molar-refractivity contribution in [2.45, 2.75) is 114 Å². The maximum atomic E-state index is 12.4. The summed E-state index contributed by atoms with van der Waals surface area (Å²) in [5.41, 5.74) is 0.495. The minimum atomic E-state index is -1.16. The van der Waals surface area contributed by atoms with Crippen LogP contribution in [-0.2, 0) is 23.7 Å². The summed E-state index contributed by atoms with van der Waals surface area (Å²) >= 11 is 0. The fourth-order valence-electron chi connectivity index (χ4n) is 9.56. The Morgan fingerprint density at radius 3 is 2.51 bits per heavy atom. The van der Waals surface area contributed by atoms with E-state index in [4.69, 9.17) is 18.9 Å². The van der Waals surface area contributed by atoms with E-state index in [1.54, 1.807) is 13.0 Å². The molecule has 4 N–H and O–H groups in total. The number of carbonyl (C=O) groups excluding carboxylic acids is 1. The SMILES string of the molecule is CO[C@@H]1[C@@H](O)[C@H](O[C@@H]2C=C3CC[C@@H]4[C@H](CC[C@]5(C)[C@@H](C6=CC(=O)OC6)CC[C@]45O)[C@@]3(C)[C@H](O)C2)O[C@H](C)[C@H]1O. The number of cyclic esters (lactones) is 1. The van der Waals surface area contributed by atoms with Gasteiger partial charge in [0.05, 0.1) is 23.9 Å². The van der Waals surface area contributed by atoms with E-state index in [0.29, 0.717) is 19.4 Å². The molecule has 0 aromatic carbocycles. The van der Waals surface area contributed by atoms with Crippen LogP contribution >= 0.6 is 0 Å². The van der Waals surface area contributed by atoms with Gasteiger partial charge in [-0.05, 0) is 68.8 Å². The smallest absolute Gasteiger partial charge is 0.331 e. The number of methoxy groups -OCH3 is 1. The lowest BCUT2D eigenvalue weighted by atomic mass is 9.44. The molecule has 2 aliphatic heterocycles. The first-order chi connectivity index (χ1) is 18.4. The number of ether oxygens (including phenoxy) is 4. The molecule has 0 amide bonds. The molecule has 0 unspecified atom stereocenters. The highest BCUT2D eigenvalue weighted by Gasteiger charge is 2.68. The summed E-state index contributed by atoms with van der Waals surface area (Å²) in [6.07, 6.45) is 3.33. The lowest BCUT2D eigenvalue weighted by molar-refractivity contribution is -0.306. The third-order valence-corrected chi connectivity index (χ3v) is 11.9. The second-order valence-electron chi connectivity index (χ2n) is 13.3. The van der Waals surface area contributed by atoms with Crippen LogP contribution in [0.2, 0.25) is 0 Å². The van der Waals surface area contributed by atoms with Gasteiger partial charge in [-0.3, -0.25) is 0 Å². The Bertz CT molecular complexity index is 1060. The monoisotopic (exact) mass is 548 g/mol. The van der Waals surface area contributed by atoms with Crippen LogP contribution in [0.15, 0.2) is 23.3 Å². The molecular weight excluding hydrogens is 504 g/mol. The zero-order valence-electron chi connectivity index (χ0n) is 23.4. The van der Waals surface area contributed by atoms with E-state index in [1.165, 1.54) is 7.11 Å². The van der Waals surface area contributed by atoms with Crippen LogP contribution in [0.3, 0.4) is 0 Å². The van der Waals surface area contributed by atoms with E-state index in [2.05, 4.69) is 19.9 Å². The topological polar surface area (TPSA) is 135 Å². The summed E-state index contributed by atoms with van der Waals surface area (Å²) < 4.78 is 22.5. The van der Waals surface area contributed by atoms with Crippen molar-refractivity contribution in [1.82, 2.24) is 0 Å². The molecule has 0 aromatic heterocycles. The van der Waals surface area contributed by atoms with Crippen molar-refractivity contribution in [3.63, 3.8) is 0 Å². The molecule has 1 saturated heterocycles. The number of aliphatic hydroxyl groups excluding tert-OH is 3. The van der Waals surface area contributed by atoms with Gasteiger partial charge in [-0.2, -0.15) is 0 Å². The number of hydrogen-bond acceptors (Lipinski definition) is 9. The number of carbonyl (C=O) groups is 1. The third-order valence-electron chi connectivity index (χ3n) is 11.9. The summed E-state index contributed by atoms with van der Waals surface area (Å²) in [7, 11) is 1.44. The van der Waals surface area contributed by atoms with Gasteiger partial charge in [0.1, 0.15) is 24.9 Å². The minimum absolute atomic E-state index is 0.0578. The largest absolute Gasteiger partial charge is 0.458 e. The highest BCUT2D eigenvalue weighted by Crippen LogP contribution is 2.69. The average Bonchev–Trinajstić information content (AvgIpc) is 3.43. The molecule has 39 heavy (non-hydrogen) atoms. The van der Waals surface area contributed by atoms with Crippen LogP contribution < -0.4 is 0 Å². The normalized spacial score (nSPS) is 53.3. The number of fused-ring (bicyclic) bond motifs is 5. The molecule has 0 bridgehead atoms. The standard InChI is InChI=1S/C30H44O9/c1-15-24(33)26(36-4)25(34)27(38-15)39-18-12-17-5-6-21-20(29(17,3)22(31)13-18)7-9-28(2)19(8-10-30(21,28)35)16-11-23(32)37-14-16/h11-12,15,18-22,24-27,31,33-35H,5-10,13-14H2,1-4H3/t15-,18-,19-,20+,21-,22-,24-,25-,26+,27+,28-,29+,30+/m1/s1. The molecule has 3 saturated carbocycles. The first-order valence-corrected chi connectivity index (χ1v) is 14.6. The van der Waals surface area contributed by atoms with Crippen molar-refractivity contribution in [1.29, 1.82) is 0 Å². The van der Waals surface area contributed by atoms with E-state index in [1.807, 2.05) is 0 Å². The van der Waals surface area contributed by atoms with Crippen LogP contribution in [0.5, 0.6) is 0 Å². The second-order valence-corrected chi connectivity index (χ2v) is 13.3. The number of aliphatic hydroxyl groups is 4. The Morgan fingerprint density at radius 1 is 1.05 bits per heavy atom. The quantitative estimate of drug-likeness (QED) is 0.307. The van der Waals surface area contributed by atoms with Crippen LogP contribution in [0.25, 0.3) is 0 Å². The average molecular weight is 549 g/mol. The summed E-state index contributed by atoms with van der Waals surface area (Å²) in [5, 5.41) is 45.1.